The van der Waals surface area contributed by atoms with Crippen molar-refractivity contribution in [2.24, 2.45) is 0 Å². The van der Waals surface area contributed by atoms with Crippen LogP contribution in [0.1, 0.15) is 25.8 Å². The molecule has 0 fully saturated rings. The molecule has 0 spiro atoms. The Morgan fingerprint density at radius 3 is 2.55 bits per heavy atom. The smallest absolute Gasteiger partial charge is 0.133 e. The molecular formula is C17H27N3. The molecule has 0 unspecified atom stereocenters. The second-order valence-electron chi connectivity index (χ2n) is 4.91. The van der Waals surface area contributed by atoms with Crippen molar-refractivity contribution >= 4 is 16.6 Å². The average molecular weight is 273 g/mol. The molecule has 0 aliphatic rings. The first-order valence-electron chi connectivity index (χ1n) is 7.41. The largest absolute Gasteiger partial charge is 0.370 e. The third-order valence-electron chi connectivity index (χ3n) is 3.10. The molecule has 1 heterocycles. The van der Waals surface area contributed by atoms with E-state index in [2.05, 4.69) is 60.5 Å². The van der Waals surface area contributed by atoms with Crippen molar-refractivity contribution in [1.29, 1.82) is 0 Å². The normalized spacial score (nSPS) is 10.3. The molecule has 0 saturated heterocycles. The van der Waals surface area contributed by atoms with Crippen molar-refractivity contribution < 1.29 is 0 Å². The molecule has 0 atom stereocenters. The minimum absolute atomic E-state index is 0.957. The van der Waals surface area contributed by atoms with E-state index >= 15 is 0 Å². The van der Waals surface area contributed by atoms with Crippen LogP contribution in [0, 0.1) is 6.92 Å². The molecule has 0 aliphatic carbocycles. The molecule has 2 rings (SSSR count). The van der Waals surface area contributed by atoms with Crippen LogP contribution in [0.5, 0.6) is 0 Å². The number of nitrogens with zero attached hydrogens (tertiary/aromatic N) is 2. The van der Waals surface area contributed by atoms with Gasteiger partial charge >= 0.3 is 0 Å². The number of nitrogens with one attached hydrogen (secondary N) is 1. The predicted molar refractivity (Wildman–Crippen MR) is 89.5 cm³/mol. The van der Waals surface area contributed by atoms with E-state index < -0.39 is 0 Å². The summed E-state index contributed by atoms with van der Waals surface area (Å²) >= 11 is 0. The molecule has 20 heavy (non-hydrogen) atoms. The number of fused-ring (bicyclic) bond motifs is 1. The molecule has 3 nitrogen and oxygen atoms in total. The minimum Gasteiger partial charge on any atom is -0.370 e. The van der Waals surface area contributed by atoms with Crippen molar-refractivity contribution in [2.75, 3.05) is 32.5 Å². The second kappa shape index (κ2) is 8.54. The van der Waals surface area contributed by atoms with E-state index in [1.807, 2.05) is 20.0 Å². The summed E-state index contributed by atoms with van der Waals surface area (Å²) in [4.78, 5) is 6.64. The van der Waals surface area contributed by atoms with Crippen LogP contribution in [0.15, 0.2) is 30.5 Å². The van der Waals surface area contributed by atoms with Crippen LogP contribution in [0.25, 0.3) is 10.8 Å². The first kappa shape index (κ1) is 16.4. The van der Waals surface area contributed by atoms with Crippen LogP contribution in [0.2, 0.25) is 0 Å². The summed E-state index contributed by atoms with van der Waals surface area (Å²) in [5.41, 5.74) is 1.30. The van der Waals surface area contributed by atoms with E-state index in [-0.39, 0.29) is 0 Å². The van der Waals surface area contributed by atoms with Gasteiger partial charge in [-0.05, 0) is 51.0 Å². The first-order valence-corrected chi connectivity index (χ1v) is 7.41. The van der Waals surface area contributed by atoms with Gasteiger partial charge in [-0.3, -0.25) is 0 Å². The van der Waals surface area contributed by atoms with Gasteiger partial charge in [-0.1, -0.05) is 32.0 Å². The molecule has 0 saturated carbocycles. The van der Waals surface area contributed by atoms with Gasteiger partial charge in [-0.2, -0.15) is 0 Å². The summed E-state index contributed by atoms with van der Waals surface area (Å²) in [6.07, 6.45) is 3.00. The SMILES string of the molecule is CC.Cc1cccc2c(NCCCN(C)C)nccc12. The summed E-state index contributed by atoms with van der Waals surface area (Å²) in [5, 5.41) is 5.92. The Hall–Kier alpha value is -1.61. The maximum atomic E-state index is 4.44. The lowest BCUT2D eigenvalue weighted by Crippen LogP contribution is -2.16. The van der Waals surface area contributed by atoms with Crippen LogP contribution in [-0.4, -0.2) is 37.1 Å². The number of anilines is 1. The van der Waals surface area contributed by atoms with Gasteiger partial charge in [0.25, 0.3) is 0 Å². The Kier molecular flexibility index (Phi) is 7.02. The Morgan fingerprint density at radius 2 is 1.85 bits per heavy atom. The molecule has 0 bridgehead atoms. The second-order valence-corrected chi connectivity index (χ2v) is 4.91. The fourth-order valence-electron chi connectivity index (χ4n) is 2.11. The Bertz CT molecular complexity index is 521. The minimum atomic E-state index is 0.957. The van der Waals surface area contributed by atoms with Crippen molar-refractivity contribution in [1.82, 2.24) is 9.88 Å². The van der Waals surface area contributed by atoms with E-state index in [0.717, 1.165) is 25.3 Å². The molecular weight excluding hydrogens is 246 g/mol. The van der Waals surface area contributed by atoms with Crippen LogP contribution in [0.3, 0.4) is 0 Å². The topological polar surface area (TPSA) is 28.2 Å². The van der Waals surface area contributed by atoms with Gasteiger partial charge in [-0.15, -0.1) is 0 Å². The lowest BCUT2D eigenvalue weighted by molar-refractivity contribution is 0.405. The summed E-state index contributed by atoms with van der Waals surface area (Å²) in [6, 6.07) is 8.43. The summed E-state index contributed by atoms with van der Waals surface area (Å²) < 4.78 is 0. The third kappa shape index (κ3) is 4.49. The molecule has 1 N–H and O–H groups in total. The first-order chi connectivity index (χ1) is 9.68. The lowest BCUT2D eigenvalue weighted by Gasteiger charge is -2.12. The lowest BCUT2D eigenvalue weighted by atomic mass is 10.1. The molecule has 1 aromatic heterocycles. The van der Waals surface area contributed by atoms with Crippen molar-refractivity contribution in [3.05, 3.63) is 36.0 Å². The Labute approximate surface area is 123 Å². The number of benzene rings is 1. The fourth-order valence-corrected chi connectivity index (χ4v) is 2.11. The van der Waals surface area contributed by atoms with Crippen LogP contribution >= 0.6 is 0 Å². The zero-order valence-corrected chi connectivity index (χ0v) is 13.4. The predicted octanol–water partition coefficient (Wildman–Crippen LogP) is 3.93. The summed E-state index contributed by atoms with van der Waals surface area (Å²) in [7, 11) is 4.19. The van der Waals surface area contributed by atoms with Gasteiger partial charge in [0.2, 0.25) is 0 Å². The van der Waals surface area contributed by atoms with Crippen LogP contribution in [0.4, 0.5) is 5.82 Å². The molecule has 2 aromatic rings. The number of aromatic nitrogens is 1. The third-order valence-corrected chi connectivity index (χ3v) is 3.10. The standard InChI is InChI=1S/C15H21N3.C2H6/c1-12-6-4-7-14-13(12)8-10-17-15(14)16-9-5-11-18(2)3;1-2/h4,6-8,10H,5,9,11H2,1-3H3,(H,16,17);1-2H3. The fraction of sp³-hybridized carbons (Fsp3) is 0.471. The van der Waals surface area contributed by atoms with E-state index in [1.54, 1.807) is 0 Å². The maximum absolute atomic E-state index is 4.44. The zero-order valence-electron chi connectivity index (χ0n) is 13.4. The summed E-state index contributed by atoms with van der Waals surface area (Å²) in [5.74, 6) is 0.995. The molecule has 0 aliphatic heterocycles. The van der Waals surface area contributed by atoms with Crippen molar-refractivity contribution in [3.63, 3.8) is 0 Å². The van der Waals surface area contributed by atoms with Gasteiger partial charge in [0, 0.05) is 18.1 Å². The monoisotopic (exact) mass is 273 g/mol. The number of pyridine rings is 1. The number of hydrogen-bond donors (Lipinski definition) is 1. The van der Waals surface area contributed by atoms with Gasteiger partial charge in [0.05, 0.1) is 0 Å². The van der Waals surface area contributed by atoms with E-state index in [9.17, 15) is 0 Å². The van der Waals surface area contributed by atoms with Gasteiger partial charge in [0.1, 0.15) is 5.82 Å². The highest BCUT2D eigenvalue weighted by Gasteiger charge is 2.03. The van der Waals surface area contributed by atoms with Crippen LogP contribution in [-0.2, 0) is 0 Å². The Balaban J connectivity index is 0.000000956. The van der Waals surface area contributed by atoms with Crippen molar-refractivity contribution in [3.8, 4) is 0 Å². The van der Waals surface area contributed by atoms with E-state index in [0.29, 0.717) is 0 Å². The number of rotatable bonds is 5. The molecule has 0 radical (unpaired) electrons. The maximum Gasteiger partial charge on any atom is 0.133 e. The number of hydrogen-bond acceptors (Lipinski definition) is 3. The number of aryl methyl sites for hydroxylation is 1. The molecule has 1 aromatic carbocycles. The zero-order chi connectivity index (χ0) is 15.0. The Morgan fingerprint density at radius 1 is 1.10 bits per heavy atom. The molecule has 110 valence electrons. The quantitative estimate of drug-likeness (QED) is 0.837. The van der Waals surface area contributed by atoms with E-state index in [1.165, 1.54) is 16.3 Å². The van der Waals surface area contributed by atoms with E-state index in [4.69, 9.17) is 0 Å². The highest BCUT2D eigenvalue weighted by molar-refractivity contribution is 5.93. The molecule has 0 amide bonds. The average Bonchev–Trinajstić information content (AvgIpc) is 2.46. The van der Waals surface area contributed by atoms with Crippen LogP contribution < -0.4 is 5.32 Å². The van der Waals surface area contributed by atoms with Crippen molar-refractivity contribution in [2.45, 2.75) is 27.2 Å². The highest BCUT2D eigenvalue weighted by Crippen LogP contribution is 2.23. The van der Waals surface area contributed by atoms with Gasteiger partial charge in [0.15, 0.2) is 0 Å². The van der Waals surface area contributed by atoms with Gasteiger partial charge in [-0.25, -0.2) is 4.98 Å². The molecule has 3 heteroatoms. The summed E-state index contributed by atoms with van der Waals surface area (Å²) in [6.45, 7) is 8.19. The highest BCUT2D eigenvalue weighted by atomic mass is 15.1. The van der Waals surface area contributed by atoms with Gasteiger partial charge < -0.3 is 10.2 Å².